The molecule has 1 aliphatic rings. The molecular formula is C18H36N2. The molecule has 0 saturated heterocycles. The lowest BCUT2D eigenvalue weighted by Crippen LogP contribution is -2.39. The van der Waals surface area contributed by atoms with Crippen LogP contribution in [0.3, 0.4) is 0 Å². The summed E-state index contributed by atoms with van der Waals surface area (Å²) >= 11 is 0. The van der Waals surface area contributed by atoms with Crippen LogP contribution in [0.5, 0.6) is 0 Å². The second-order valence-corrected chi connectivity index (χ2v) is 6.16. The molecule has 0 spiro atoms. The maximum absolute atomic E-state index is 2.59. The van der Waals surface area contributed by atoms with Gasteiger partial charge in [0.1, 0.15) is 6.17 Å². The molecule has 0 N–H and O–H groups in total. The topological polar surface area (TPSA) is 6.48 Å². The highest BCUT2D eigenvalue weighted by Gasteiger charge is 2.24. The van der Waals surface area contributed by atoms with Crippen LogP contribution in [0.25, 0.3) is 0 Å². The van der Waals surface area contributed by atoms with E-state index in [2.05, 4.69) is 43.0 Å². The lowest BCUT2D eigenvalue weighted by molar-refractivity contribution is 0.137. The van der Waals surface area contributed by atoms with Crippen molar-refractivity contribution in [2.45, 2.75) is 91.1 Å². The van der Waals surface area contributed by atoms with Crippen LogP contribution >= 0.6 is 0 Å². The molecule has 1 unspecified atom stereocenters. The van der Waals surface area contributed by atoms with Crippen molar-refractivity contribution in [1.29, 1.82) is 0 Å². The van der Waals surface area contributed by atoms with Crippen LogP contribution in [0.1, 0.15) is 85.0 Å². The number of hydrogen-bond acceptors (Lipinski definition) is 2. The van der Waals surface area contributed by atoms with E-state index in [9.17, 15) is 0 Å². The van der Waals surface area contributed by atoms with Gasteiger partial charge in [0.2, 0.25) is 0 Å². The van der Waals surface area contributed by atoms with Crippen molar-refractivity contribution in [2.75, 3.05) is 13.1 Å². The first-order chi connectivity index (χ1) is 9.83. The van der Waals surface area contributed by atoms with E-state index in [0.717, 1.165) is 0 Å². The van der Waals surface area contributed by atoms with E-state index >= 15 is 0 Å². The maximum atomic E-state index is 2.59. The van der Waals surface area contributed by atoms with Crippen LogP contribution in [0.15, 0.2) is 12.4 Å². The van der Waals surface area contributed by atoms with Gasteiger partial charge in [0.05, 0.1) is 0 Å². The average Bonchev–Trinajstić information content (AvgIpc) is 2.83. The van der Waals surface area contributed by atoms with Crippen LogP contribution in [0.2, 0.25) is 0 Å². The van der Waals surface area contributed by atoms with Crippen LogP contribution in [-0.2, 0) is 0 Å². The molecular weight excluding hydrogens is 244 g/mol. The maximum Gasteiger partial charge on any atom is 0.101 e. The van der Waals surface area contributed by atoms with Crippen molar-refractivity contribution < 1.29 is 0 Å². The van der Waals surface area contributed by atoms with Crippen LogP contribution in [0.4, 0.5) is 0 Å². The Morgan fingerprint density at radius 1 is 0.650 bits per heavy atom. The highest BCUT2D eigenvalue weighted by atomic mass is 15.4. The molecule has 0 bridgehead atoms. The van der Waals surface area contributed by atoms with Crippen LogP contribution < -0.4 is 0 Å². The Morgan fingerprint density at radius 2 is 1.25 bits per heavy atom. The molecule has 0 aliphatic carbocycles. The second-order valence-electron chi connectivity index (χ2n) is 6.16. The van der Waals surface area contributed by atoms with E-state index in [1.165, 1.54) is 77.3 Å². The summed E-state index contributed by atoms with van der Waals surface area (Å²) in [5, 5.41) is 0. The molecule has 2 heteroatoms. The van der Waals surface area contributed by atoms with Crippen LogP contribution in [0, 0.1) is 0 Å². The smallest absolute Gasteiger partial charge is 0.101 e. The minimum atomic E-state index is 0.647. The van der Waals surface area contributed by atoms with Gasteiger partial charge in [-0.25, -0.2) is 0 Å². The van der Waals surface area contributed by atoms with Gasteiger partial charge < -0.3 is 9.80 Å². The number of hydrogen-bond donors (Lipinski definition) is 0. The third kappa shape index (κ3) is 6.19. The minimum absolute atomic E-state index is 0.647. The molecule has 0 aromatic heterocycles. The van der Waals surface area contributed by atoms with E-state index < -0.39 is 0 Å². The molecule has 0 fully saturated rings. The van der Waals surface area contributed by atoms with Crippen molar-refractivity contribution in [1.82, 2.24) is 9.80 Å². The molecule has 1 aliphatic heterocycles. The summed E-state index contributed by atoms with van der Waals surface area (Å²) in [6.07, 6.45) is 18.9. The van der Waals surface area contributed by atoms with Crippen molar-refractivity contribution in [2.24, 2.45) is 0 Å². The Bertz CT molecular complexity index is 250. The fraction of sp³-hybridized carbons (Fsp3) is 0.889. The Labute approximate surface area is 127 Å². The zero-order valence-corrected chi connectivity index (χ0v) is 14.1. The summed E-state index contributed by atoms with van der Waals surface area (Å²) in [5.41, 5.74) is 0. The Morgan fingerprint density at radius 3 is 1.85 bits per heavy atom. The lowest BCUT2D eigenvalue weighted by Gasteiger charge is -2.33. The molecule has 0 saturated carbocycles. The van der Waals surface area contributed by atoms with Gasteiger partial charge in [0, 0.05) is 25.5 Å². The molecule has 0 amide bonds. The van der Waals surface area contributed by atoms with Gasteiger partial charge in [-0.1, -0.05) is 59.3 Å². The SMILES string of the molecule is CCCCCCC1N(CCC)C=CN1CCCCCC. The van der Waals surface area contributed by atoms with Crippen molar-refractivity contribution in [3.63, 3.8) is 0 Å². The zero-order chi connectivity index (χ0) is 14.6. The molecule has 20 heavy (non-hydrogen) atoms. The molecule has 1 rings (SSSR count). The number of nitrogens with zero attached hydrogens (tertiary/aromatic N) is 2. The molecule has 1 heterocycles. The third-order valence-corrected chi connectivity index (χ3v) is 4.28. The summed E-state index contributed by atoms with van der Waals surface area (Å²) in [6, 6.07) is 0. The monoisotopic (exact) mass is 280 g/mol. The van der Waals surface area contributed by atoms with E-state index in [1.807, 2.05) is 0 Å². The summed E-state index contributed by atoms with van der Waals surface area (Å²) in [7, 11) is 0. The molecule has 0 aromatic carbocycles. The van der Waals surface area contributed by atoms with Crippen molar-refractivity contribution in [3.05, 3.63) is 12.4 Å². The highest BCUT2D eigenvalue weighted by molar-refractivity contribution is 4.96. The fourth-order valence-electron chi connectivity index (χ4n) is 3.07. The summed E-state index contributed by atoms with van der Waals surface area (Å²) in [5.74, 6) is 0. The average molecular weight is 280 g/mol. The van der Waals surface area contributed by atoms with Gasteiger partial charge in [0.25, 0.3) is 0 Å². The Kier molecular flexibility index (Phi) is 9.61. The van der Waals surface area contributed by atoms with E-state index in [-0.39, 0.29) is 0 Å². The number of rotatable bonds is 12. The minimum Gasteiger partial charge on any atom is -0.356 e. The first kappa shape index (κ1) is 17.4. The molecule has 0 aromatic rings. The normalized spacial score (nSPS) is 18.2. The molecule has 0 radical (unpaired) electrons. The van der Waals surface area contributed by atoms with E-state index in [0.29, 0.717) is 6.17 Å². The molecule has 2 nitrogen and oxygen atoms in total. The van der Waals surface area contributed by atoms with Gasteiger partial charge in [-0.05, 0) is 25.7 Å². The number of unbranched alkanes of at least 4 members (excludes halogenated alkanes) is 6. The highest BCUT2D eigenvalue weighted by Crippen LogP contribution is 2.22. The van der Waals surface area contributed by atoms with Gasteiger partial charge in [0.15, 0.2) is 0 Å². The predicted molar refractivity (Wildman–Crippen MR) is 89.5 cm³/mol. The molecule has 1 atom stereocenters. The van der Waals surface area contributed by atoms with Gasteiger partial charge in [-0.3, -0.25) is 0 Å². The predicted octanol–water partition coefficient (Wildman–Crippen LogP) is 5.36. The molecule has 118 valence electrons. The third-order valence-electron chi connectivity index (χ3n) is 4.28. The lowest BCUT2D eigenvalue weighted by atomic mass is 10.1. The summed E-state index contributed by atoms with van der Waals surface area (Å²) in [6.45, 7) is 9.32. The second kappa shape index (κ2) is 11.0. The van der Waals surface area contributed by atoms with E-state index in [1.54, 1.807) is 0 Å². The van der Waals surface area contributed by atoms with Gasteiger partial charge in [-0.2, -0.15) is 0 Å². The quantitative estimate of drug-likeness (QED) is 0.444. The fourth-order valence-corrected chi connectivity index (χ4v) is 3.07. The summed E-state index contributed by atoms with van der Waals surface area (Å²) in [4.78, 5) is 5.16. The van der Waals surface area contributed by atoms with Gasteiger partial charge >= 0.3 is 0 Å². The van der Waals surface area contributed by atoms with Gasteiger partial charge in [-0.15, -0.1) is 0 Å². The summed E-state index contributed by atoms with van der Waals surface area (Å²) < 4.78 is 0. The van der Waals surface area contributed by atoms with Crippen LogP contribution in [-0.4, -0.2) is 29.1 Å². The first-order valence-electron chi connectivity index (χ1n) is 9.03. The first-order valence-corrected chi connectivity index (χ1v) is 9.03. The Hall–Kier alpha value is -0.660. The van der Waals surface area contributed by atoms with Crippen molar-refractivity contribution in [3.8, 4) is 0 Å². The Balaban J connectivity index is 2.34. The largest absolute Gasteiger partial charge is 0.356 e. The zero-order valence-electron chi connectivity index (χ0n) is 14.1. The standard InChI is InChI=1S/C18H36N2/c1-4-7-9-11-13-18-19(14-6-3)16-17-20(18)15-12-10-8-5-2/h16-18H,4-15H2,1-3H3. The van der Waals surface area contributed by atoms with Crippen molar-refractivity contribution >= 4 is 0 Å². The van der Waals surface area contributed by atoms with E-state index in [4.69, 9.17) is 0 Å².